The number of hydrogen-bond donors (Lipinski definition) is 8. The van der Waals surface area contributed by atoms with Gasteiger partial charge in [-0.15, -0.1) is 0 Å². The van der Waals surface area contributed by atoms with Crippen LogP contribution >= 0.6 is 0 Å². The molecular formula is C16H28N4O12Si. The van der Waals surface area contributed by atoms with Crippen molar-refractivity contribution in [2.75, 3.05) is 0 Å². The van der Waals surface area contributed by atoms with Gasteiger partial charge in [0, 0.05) is 21.0 Å². The summed E-state index contributed by atoms with van der Waals surface area (Å²) < 4.78 is 2.37. The van der Waals surface area contributed by atoms with Gasteiger partial charge in [-0.1, -0.05) is 6.55 Å². The van der Waals surface area contributed by atoms with Gasteiger partial charge in [0.15, 0.2) is 27.8 Å². The Bertz CT molecular complexity index is 1010. The molecule has 2 aromatic heterocycles. The summed E-state index contributed by atoms with van der Waals surface area (Å²) in [5.41, 5.74) is 0.0119. The predicted molar refractivity (Wildman–Crippen MR) is 114 cm³/mol. The molecule has 0 aliphatic carbocycles. The van der Waals surface area contributed by atoms with Crippen LogP contribution in [0.1, 0.15) is 6.92 Å². The van der Waals surface area contributed by atoms with E-state index < -0.39 is 46.1 Å². The Morgan fingerprint density at radius 2 is 1.55 bits per heavy atom. The number of H-pyrrole nitrogens is 1. The first kappa shape index (κ1) is 32.0. The number of nitrogens with one attached hydrogen (secondary N) is 1. The van der Waals surface area contributed by atoms with Gasteiger partial charge >= 0.3 is 11.7 Å². The van der Waals surface area contributed by atoms with Gasteiger partial charge in [-0.2, -0.15) is 0 Å². The highest BCUT2D eigenvalue weighted by Crippen LogP contribution is 2.03. The fourth-order valence-electron chi connectivity index (χ4n) is 1.88. The third kappa shape index (κ3) is 10.3. The van der Waals surface area contributed by atoms with Crippen LogP contribution in [-0.4, -0.2) is 107 Å². The van der Waals surface area contributed by atoms with Gasteiger partial charge in [0.1, 0.15) is 23.8 Å². The van der Waals surface area contributed by atoms with Crippen LogP contribution < -0.4 is 11.2 Å². The van der Waals surface area contributed by atoms with Crippen molar-refractivity contribution in [1.82, 2.24) is 19.1 Å². The molecule has 0 fully saturated rings. The molecule has 4 unspecified atom stereocenters. The first-order valence-electron chi connectivity index (χ1n) is 8.99. The van der Waals surface area contributed by atoms with Gasteiger partial charge in [0.05, 0.1) is 6.33 Å². The maximum atomic E-state index is 11.4. The quantitative estimate of drug-likeness (QED) is 0.142. The van der Waals surface area contributed by atoms with Crippen LogP contribution in [0, 0.1) is 0 Å². The number of carboxylic acids is 2. The number of aromatic amines is 1. The van der Waals surface area contributed by atoms with Gasteiger partial charge in [-0.3, -0.25) is 18.7 Å². The predicted octanol–water partition coefficient (Wildman–Crippen LogP) is -5.12. The van der Waals surface area contributed by atoms with E-state index in [1.807, 2.05) is 6.55 Å². The normalized spacial score (nSPS) is 13.8. The van der Waals surface area contributed by atoms with E-state index in [9.17, 15) is 19.2 Å². The van der Waals surface area contributed by atoms with E-state index in [-0.39, 0.29) is 17.5 Å². The smallest absolute Gasteiger partial charge is 0.335 e. The Labute approximate surface area is 187 Å². The zero-order valence-corrected chi connectivity index (χ0v) is 19.6. The van der Waals surface area contributed by atoms with Crippen molar-refractivity contribution in [2.45, 2.75) is 37.9 Å². The van der Waals surface area contributed by atoms with Crippen LogP contribution in [0.25, 0.3) is 11.2 Å². The molecule has 0 amide bonds. The van der Waals surface area contributed by atoms with E-state index in [0.717, 1.165) is 11.5 Å². The number of carbonyl (C=O) groups excluding carboxylic acids is 1. The lowest BCUT2D eigenvalue weighted by Crippen LogP contribution is -2.48. The number of aliphatic carboxylic acids is 2. The molecule has 2 heterocycles. The average molecular weight is 497 g/mol. The van der Waals surface area contributed by atoms with Crippen molar-refractivity contribution in [3.8, 4) is 0 Å². The number of imidazole rings is 1. The van der Waals surface area contributed by atoms with Crippen LogP contribution in [0.2, 0.25) is 6.55 Å². The Morgan fingerprint density at radius 3 is 1.94 bits per heavy atom. The van der Waals surface area contributed by atoms with Crippen LogP contribution in [0.5, 0.6) is 0 Å². The highest BCUT2D eigenvalue weighted by Gasteiger charge is 2.34. The number of rotatable bonds is 5. The summed E-state index contributed by atoms with van der Waals surface area (Å²) in [5, 5.41) is 50.6. The maximum Gasteiger partial charge on any atom is 0.335 e. The number of aromatic nitrogens is 4. The van der Waals surface area contributed by atoms with Crippen molar-refractivity contribution in [2.24, 2.45) is 14.1 Å². The second-order valence-electron chi connectivity index (χ2n) is 6.03. The Balaban J connectivity index is 0. The first-order valence-corrected chi connectivity index (χ1v) is 11.0. The number of carbonyl (C=O) groups is 3. The topological polar surface area (TPSA) is 265 Å². The molecule has 2 aromatic rings. The lowest BCUT2D eigenvalue weighted by molar-refractivity contribution is -0.163. The molecule has 33 heavy (non-hydrogen) atoms. The Kier molecular flexibility index (Phi) is 15.1. The van der Waals surface area contributed by atoms with Crippen molar-refractivity contribution >= 4 is 39.2 Å². The summed E-state index contributed by atoms with van der Waals surface area (Å²) in [4.78, 5) is 66.0. The summed E-state index contributed by atoms with van der Waals surface area (Å²) >= 11 is 0. The SMILES string of the molecule is CC(=O)O.C[SiH2]O.Cn1c(=O)c2[nH]cnc2n(C)c1=O.O=CC(O)C(O)C(O)C(O)C(=O)O. The van der Waals surface area contributed by atoms with Crippen LogP contribution in [0.15, 0.2) is 15.9 Å². The molecule has 0 radical (unpaired) electrons. The third-order valence-electron chi connectivity index (χ3n) is 3.45. The van der Waals surface area contributed by atoms with Gasteiger partial charge in [0.2, 0.25) is 0 Å². The van der Waals surface area contributed by atoms with E-state index in [0.29, 0.717) is 11.2 Å². The molecule has 4 atom stereocenters. The minimum absolute atomic E-state index is 0.0809. The fourth-order valence-corrected chi connectivity index (χ4v) is 1.88. The molecule has 16 nitrogen and oxygen atoms in total. The minimum atomic E-state index is -2.25. The highest BCUT2D eigenvalue weighted by atomic mass is 28.2. The molecule has 17 heteroatoms. The van der Waals surface area contributed by atoms with Gasteiger partial charge in [0.25, 0.3) is 11.5 Å². The number of aldehydes is 1. The van der Waals surface area contributed by atoms with Gasteiger partial charge < -0.3 is 45.2 Å². The van der Waals surface area contributed by atoms with Crippen LogP contribution in [0.3, 0.4) is 0 Å². The first-order chi connectivity index (χ1) is 15.2. The Morgan fingerprint density at radius 1 is 1.09 bits per heavy atom. The molecule has 0 bridgehead atoms. The number of nitrogens with zero attached hydrogens (tertiary/aromatic N) is 3. The number of aliphatic hydroxyl groups is 4. The van der Waals surface area contributed by atoms with Crippen LogP contribution in [-0.2, 0) is 28.5 Å². The molecular weight excluding hydrogens is 468 g/mol. The number of hydrogen-bond acceptors (Lipinski definition) is 11. The molecule has 0 aliphatic heterocycles. The van der Waals surface area contributed by atoms with E-state index in [1.165, 1.54) is 17.9 Å². The van der Waals surface area contributed by atoms with Gasteiger partial charge in [-0.05, 0) is 0 Å². The molecule has 0 saturated carbocycles. The summed E-state index contributed by atoms with van der Waals surface area (Å²) in [6.45, 7) is 2.90. The third-order valence-corrected chi connectivity index (χ3v) is 3.45. The number of aryl methyl sites for hydroxylation is 1. The van der Waals surface area contributed by atoms with Crippen molar-refractivity contribution in [3.63, 3.8) is 0 Å². The van der Waals surface area contributed by atoms with Crippen LogP contribution in [0.4, 0.5) is 0 Å². The molecule has 0 saturated heterocycles. The largest absolute Gasteiger partial charge is 0.481 e. The zero-order chi connectivity index (χ0) is 26.5. The van der Waals surface area contributed by atoms with Crippen molar-refractivity contribution in [3.05, 3.63) is 27.2 Å². The standard InChI is InChI=1S/C7H8N4O2.C6H10O7.C2H4O2.CH6OSi/c1-10-5-4(8-3-9-5)6(12)11(2)7(10)13;7-1-2(8)3(9)4(10)5(11)6(12)13;1-2(3)4;1-3-2/h3H,1-2H3,(H,8,9);1-5,8-11H,(H,12,13);1H3,(H,3,4);2H,3H2,1H3. The number of carboxylic acid groups (broad SMARTS) is 2. The lowest BCUT2D eigenvalue weighted by Gasteiger charge is -2.21. The zero-order valence-electron chi connectivity index (χ0n) is 18.2. The van der Waals surface area contributed by atoms with E-state index in [1.54, 1.807) is 7.05 Å². The van der Waals surface area contributed by atoms with E-state index >= 15 is 0 Å². The average Bonchev–Trinajstić information content (AvgIpc) is 3.24. The van der Waals surface area contributed by atoms with E-state index in [4.69, 9.17) is 40.2 Å². The molecule has 0 aliphatic rings. The second kappa shape index (κ2) is 15.6. The minimum Gasteiger partial charge on any atom is -0.481 e. The number of aliphatic hydroxyl groups excluding tert-OH is 4. The molecule has 188 valence electrons. The molecule has 8 N–H and O–H groups in total. The summed E-state index contributed by atoms with van der Waals surface area (Å²) in [5.74, 6) is -2.59. The fraction of sp³-hybridized carbons (Fsp3) is 0.500. The highest BCUT2D eigenvalue weighted by molar-refractivity contribution is 6.22. The van der Waals surface area contributed by atoms with E-state index in [2.05, 4.69) is 9.97 Å². The Hall–Kier alpha value is -3.22. The second-order valence-corrected chi connectivity index (χ2v) is 6.67. The monoisotopic (exact) mass is 496 g/mol. The molecule has 2 rings (SSSR count). The summed E-state index contributed by atoms with van der Waals surface area (Å²) in [6.07, 6.45) is -7.00. The van der Waals surface area contributed by atoms with Crippen molar-refractivity contribution < 1.29 is 49.8 Å². The van der Waals surface area contributed by atoms with Crippen molar-refractivity contribution in [1.29, 1.82) is 0 Å². The lowest BCUT2D eigenvalue weighted by atomic mass is 10.0. The van der Waals surface area contributed by atoms with Gasteiger partial charge in [-0.25, -0.2) is 14.6 Å². The summed E-state index contributed by atoms with van der Waals surface area (Å²) in [6, 6.07) is 0. The maximum absolute atomic E-state index is 11.4. The molecule has 0 spiro atoms. The molecule has 0 aromatic carbocycles. The number of fused-ring (bicyclic) bond motifs is 1. The summed E-state index contributed by atoms with van der Waals surface area (Å²) in [7, 11) is 2.43.